The quantitative estimate of drug-likeness (QED) is 0.273. The van der Waals surface area contributed by atoms with Crippen LogP contribution in [0.4, 0.5) is 0 Å². The summed E-state index contributed by atoms with van der Waals surface area (Å²) in [6.45, 7) is 7.66. The van der Waals surface area contributed by atoms with Crippen LogP contribution in [0.1, 0.15) is 42.9 Å². The third kappa shape index (κ3) is 9.88. The average Bonchev–Trinajstić information content (AvgIpc) is 2.90. The van der Waals surface area contributed by atoms with E-state index in [9.17, 15) is 19.5 Å². The maximum atomic E-state index is 13.3. The van der Waals surface area contributed by atoms with Crippen molar-refractivity contribution in [3.63, 3.8) is 0 Å². The third-order valence-corrected chi connectivity index (χ3v) is 5.66. The van der Waals surface area contributed by atoms with E-state index in [-0.39, 0.29) is 50.4 Å². The van der Waals surface area contributed by atoms with Gasteiger partial charge in [-0.25, -0.2) is 0 Å². The minimum absolute atomic E-state index is 0.0227. The number of carbonyl (C=O) groups excluding carboxylic acids is 3. The second-order valence-electron chi connectivity index (χ2n) is 8.43. The van der Waals surface area contributed by atoms with Crippen molar-refractivity contribution in [3.8, 4) is 0 Å². The molecule has 0 aliphatic carbocycles. The largest absolute Gasteiger partial charge is 0.463 e. The van der Waals surface area contributed by atoms with Crippen molar-refractivity contribution in [2.24, 2.45) is 5.92 Å². The fourth-order valence-corrected chi connectivity index (χ4v) is 3.71. The summed E-state index contributed by atoms with van der Waals surface area (Å²) in [5.74, 6) is -1.59. The summed E-state index contributed by atoms with van der Waals surface area (Å²) in [6, 6.07) is 18.2. The van der Waals surface area contributed by atoms with E-state index in [0.29, 0.717) is 19.4 Å². The Balaban J connectivity index is 2.11. The molecule has 0 spiro atoms. The Morgan fingerprint density at radius 3 is 2.28 bits per heavy atom. The maximum Gasteiger partial charge on any atom is 0.306 e. The van der Waals surface area contributed by atoms with Gasteiger partial charge in [-0.05, 0) is 24.0 Å². The lowest BCUT2D eigenvalue weighted by molar-refractivity contribution is -0.145. The Bertz CT molecular complexity index is 978. The van der Waals surface area contributed by atoms with E-state index in [1.165, 1.54) is 0 Å². The second-order valence-corrected chi connectivity index (χ2v) is 8.43. The zero-order valence-corrected chi connectivity index (χ0v) is 20.7. The SMILES string of the molecule is C=CCCC(=O)OCC(NC(=O)C(CC=C)CC(=O)N(CCO)Cc1ccccc1)c1ccccc1. The Morgan fingerprint density at radius 1 is 1.00 bits per heavy atom. The molecule has 0 aromatic heterocycles. The van der Waals surface area contributed by atoms with Gasteiger partial charge < -0.3 is 20.1 Å². The van der Waals surface area contributed by atoms with Gasteiger partial charge in [-0.3, -0.25) is 14.4 Å². The minimum atomic E-state index is -0.658. The van der Waals surface area contributed by atoms with Gasteiger partial charge in [0.05, 0.1) is 18.6 Å². The molecule has 2 amide bonds. The number of benzene rings is 2. The molecule has 0 bridgehead atoms. The van der Waals surface area contributed by atoms with Crippen molar-refractivity contribution in [1.29, 1.82) is 0 Å². The van der Waals surface area contributed by atoms with E-state index >= 15 is 0 Å². The lowest BCUT2D eigenvalue weighted by atomic mass is 9.98. The molecule has 0 fully saturated rings. The van der Waals surface area contributed by atoms with Crippen LogP contribution in [-0.4, -0.2) is 47.5 Å². The van der Waals surface area contributed by atoms with E-state index in [1.807, 2.05) is 60.7 Å². The molecule has 7 nitrogen and oxygen atoms in total. The fraction of sp³-hybridized carbons (Fsp3) is 0.345. The normalized spacial score (nSPS) is 12.1. The van der Waals surface area contributed by atoms with Crippen molar-refractivity contribution in [2.75, 3.05) is 19.8 Å². The molecule has 0 heterocycles. The van der Waals surface area contributed by atoms with Gasteiger partial charge in [0, 0.05) is 25.9 Å². The molecule has 0 aliphatic heterocycles. The van der Waals surface area contributed by atoms with E-state index in [1.54, 1.807) is 17.1 Å². The zero-order chi connectivity index (χ0) is 26.2. The molecule has 2 N–H and O–H groups in total. The molecule has 192 valence electrons. The molecule has 36 heavy (non-hydrogen) atoms. The molecule has 0 saturated heterocycles. The summed E-state index contributed by atoms with van der Waals surface area (Å²) in [5, 5.41) is 12.4. The number of aliphatic hydroxyl groups excluding tert-OH is 1. The number of hydrogen-bond donors (Lipinski definition) is 2. The van der Waals surface area contributed by atoms with Crippen molar-refractivity contribution < 1.29 is 24.2 Å². The molecular formula is C29H36N2O5. The van der Waals surface area contributed by atoms with Crippen LogP contribution in [0.3, 0.4) is 0 Å². The molecule has 0 aliphatic rings. The Morgan fingerprint density at radius 2 is 1.67 bits per heavy atom. The summed E-state index contributed by atoms with van der Waals surface area (Å²) >= 11 is 0. The van der Waals surface area contributed by atoms with Crippen LogP contribution in [0.15, 0.2) is 86.0 Å². The Labute approximate surface area is 213 Å². The summed E-state index contributed by atoms with van der Waals surface area (Å²) < 4.78 is 5.39. The number of aliphatic hydroxyl groups is 1. The predicted octanol–water partition coefficient (Wildman–Crippen LogP) is 3.96. The first-order chi connectivity index (χ1) is 17.5. The summed E-state index contributed by atoms with van der Waals surface area (Å²) in [6.07, 6.45) is 4.25. The van der Waals surface area contributed by atoms with Crippen molar-refractivity contribution in [1.82, 2.24) is 10.2 Å². The highest BCUT2D eigenvalue weighted by Crippen LogP contribution is 2.19. The van der Waals surface area contributed by atoms with Gasteiger partial charge in [0.15, 0.2) is 0 Å². The summed E-state index contributed by atoms with van der Waals surface area (Å²) in [5.41, 5.74) is 1.73. The minimum Gasteiger partial charge on any atom is -0.463 e. The number of allylic oxidation sites excluding steroid dienone is 2. The van der Waals surface area contributed by atoms with Gasteiger partial charge in [0.2, 0.25) is 11.8 Å². The molecule has 2 aromatic rings. The van der Waals surface area contributed by atoms with Gasteiger partial charge in [0.1, 0.15) is 6.61 Å². The van der Waals surface area contributed by atoms with Gasteiger partial charge >= 0.3 is 5.97 Å². The third-order valence-electron chi connectivity index (χ3n) is 5.66. The smallest absolute Gasteiger partial charge is 0.306 e. The highest BCUT2D eigenvalue weighted by Gasteiger charge is 2.27. The molecule has 0 radical (unpaired) electrons. The molecule has 7 heteroatoms. The Kier molecular flexibility index (Phi) is 12.7. The number of nitrogens with zero attached hydrogens (tertiary/aromatic N) is 1. The molecule has 2 unspecified atom stereocenters. The zero-order valence-electron chi connectivity index (χ0n) is 20.7. The molecule has 2 atom stereocenters. The van der Waals surface area contributed by atoms with E-state index in [2.05, 4.69) is 18.5 Å². The molecule has 2 aromatic carbocycles. The van der Waals surface area contributed by atoms with Crippen molar-refractivity contribution in [3.05, 3.63) is 97.1 Å². The maximum absolute atomic E-state index is 13.3. The van der Waals surface area contributed by atoms with Crippen molar-refractivity contribution >= 4 is 17.8 Å². The van der Waals surface area contributed by atoms with E-state index in [0.717, 1.165) is 11.1 Å². The second kappa shape index (κ2) is 16.1. The first kappa shape index (κ1) is 28.5. The van der Waals surface area contributed by atoms with Crippen LogP contribution < -0.4 is 5.32 Å². The number of carbonyl (C=O) groups is 3. The van der Waals surface area contributed by atoms with Crippen LogP contribution >= 0.6 is 0 Å². The first-order valence-electron chi connectivity index (χ1n) is 12.1. The highest BCUT2D eigenvalue weighted by molar-refractivity contribution is 5.86. The van der Waals surface area contributed by atoms with E-state index in [4.69, 9.17) is 4.74 Å². The molecular weight excluding hydrogens is 456 g/mol. The van der Waals surface area contributed by atoms with Crippen LogP contribution in [0, 0.1) is 5.92 Å². The lowest BCUT2D eigenvalue weighted by Gasteiger charge is -2.26. The van der Waals surface area contributed by atoms with Crippen LogP contribution in [0.25, 0.3) is 0 Å². The molecule has 0 saturated carbocycles. The lowest BCUT2D eigenvalue weighted by Crippen LogP contribution is -2.40. The molecule has 2 rings (SSSR count). The van der Waals surface area contributed by atoms with Crippen LogP contribution in [-0.2, 0) is 25.7 Å². The fourth-order valence-electron chi connectivity index (χ4n) is 3.71. The number of rotatable bonds is 16. The highest BCUT2D eigenvalue weighted by atomic mass is 16.5. The van der Waals surface area contributed by atoms with Crippen LogP contribution in [0.2, 0.25) is 0 Å². The number of hydrogen-bond acceptors (Lipinski definition) is 5. The number of esters is 1. The number of ether oxygens (including phenoxy) is 1. The average molecular weight is 493 g/mol. The summed E-state index contributed by atoms with van der Waals surface area (Å²) in [7, 11) is 0. The number of nitrogens with one attached hydrogen (secondary N) is 1. The van der Waals surface area contributed by atoms with Crippen molar-refractivity contribution in [2.45, 2.75) is 38.3 Å². The monoisotopic (exact) mass is 492 g/mol. The summed E-state index contributed by atoms with van der Waals surface area (Å²) in [4.78, 5) is 40.0. The Hall–Kier alpha value is -3.71. The van der Waals surface area contributed by atoms with E-state index < -0.39 is 12.0 Å². The predicted molar refractivity (Wildman–Crippen MR) is 140 cm³/mol. The van der Waals surface area contributed by atoms with Gasteiger partial charge in [-0.1, -0.05) is 72.8 Å². The first-order valence-corrected chi connectivity index (χ1v) is 12.1. The van der Waals surface area contributed by atoms with Gasteiger partial charge in [-0.2, -0.15) is 0 Å². The topological polar surface area (TPSA) is 95.9 Å². The van der Waals surface area contributed by atoms with Crippen LogP contribution in [0.5, 0.6) is 0 Å². The number of amides is 2. The standard InChI is InChI=1S/C29H36N2O5/c1-3-5-17-28(34)36-22-26(24-15-10-7-11-16-24)30-29(35)25(12-4-2)20-27(33)31(18-19-32)21-23-13-8-6-9-14-23/h3-4,6-11,13-16,25-26,32H,1-2,5,12,17-22H2,(H,30,35). The van der Waals surface area contributed by atoms with Gasteiger partial charge in [0.25, 0.3) is 0 Å². The van der Waals surface area contributed by atoms with Gasteiger partial charge in [-0.15, -0.1) is 13.2 Å².